The molecule has 2 N–H and O–H groups in total. The van der Waals surface area contributed by atoms with E-state index in [2.05, 4.69) is 42.8 Å². The van der Waals surface area contributed by atoms with Gasteiger partial charge in [0.25, 0.3) is 0 Å². The van der Waals surface area contributed by atoms with E-state index in [-0.39, 0.29) is 0 Å². The van der Waals surface area contributed by atoms with Crippen LogP contribution >= 0.6 is 0 Å². The predicted molar refractivity (Wildman–Crippen MR) is 69.6 cm³/mol. The van der Waals surface area contributed by atoms with Crippen molar-refractivity contribution in [2.24, 2.45) is 5.73 Å². The average molecular weight is 221 g/mol. The predicted octanol–water partition coefficient (Wildman–Crippen LogP) is 2.47. The lowest BCUT2D eigenvalue weighted by Gasteiger charge is -2.28. The second-order valence-electron chi connectivity index (χ2n) is 4.41. The smallest absolute Gasteiger partial charge is 0.129 e. The molecular formula is C13H23N3. The van der Waals surface area contributed by atoms with Gasteiger partial charge in [-0.05, 0) is 38.8 Å². The van der Waals surface area contributed by atoms with Crippen molar-refractivity contribution in [3.8, 4) is 0 Å². The molecule has 0 saturated carbocycles. The van der Waals surface area contributed by atoms with Crippen LogP contribution in [0.4, 0.5) is 5.82 Å². The largest absolute Gasteiger partial charge is 0.354 e. The number of anilines is 1. The lowest BCUT2D eigenvalue weighted by atomic mass is 10.2. The van der Waals surface area contributed by atoms with Crippen LogP contribution in [0, 0.1) is 6.92 Å². The highest BCUT2D eigenvalue weighted by Gasteiger charge is 2.11. The van der Waals surface area contributed by atoms with Crippen LogP contribution < -0.4 is 10.6 Å². The van der Waals surface area contributed by atoms with E-state index in [1.807, 2.05) is 6.92 Å². The minimum absolute atomic E-state index is 0.482. The Balaban J connectivity index is 2.97. The van der Waals surface area contributed by atoms with Crippen molar-refractivity contribution in [2.45, 2.75) is 46.7 Å². The third-order valence-corrected chi connectivity index (χ3v) is 2.78. The van der Waals surface area contributed by atoms with E-state index in [9.17, 15) is 0 Å². The van der Waals surface area contributed by atoms with Gasteiger partial charge in [0.15, 0.2) is 0 Å². The summed E-state index contributed by atoms with van der Waals surface area (Å²) in [6.45, 7) is 10.2. The monoisotopic (exact) mass is 221 g/mol. The Bertz CT molecular complexity index is 334. The molecule has 0 aliphatic rings. The number of hydrogen-bond donors (Lipinski definition) is 1. The highest BCUT2D eigenvalue weighted by atomic mass is 15.2. The van der Waals surface area contributed by atoms with E-state index in [1.165, 1.54) is 0 Å². The molecule has 0 bridgehead atoms. The van der Waals surface area contributed by atoms with Gasteiger partial charge < -0.3 is 10.6 Å². The topological polar surface area (TPSA) is 42.1 Å². The van der Waals surface area contributed by atoms with Gasteiger partial charge in [-0.2, -0.15) is 0 Å². The van der Waals surface area contributed by atoms with Crippen molar-refractivity contribution in [1.29, 1.82) is 0 Å². The standard InChI is InChI=1S/C13H23N3/c1-5-8-16(10(2)3)13-7-6-12(9-14)11(4)15-13/h6-7,10H,5,8-9,14H2,1-4H3. The normalized spacial score (nSPS) is 10.9. The zero-order valence-electron chi connectivity index (χ0n) is 10.8. The second-order valence-corrected chi connectivity index (χ2v) is 4.41. The Labute approximate surface area is 98.7 Å². The summed E-state index contributed by atoms with van der Waals surface area (Å²) in [6, 6.07) is 4.64. The number of pyridine rings is 1. The molecule has 0 spiro atoms. The van der Waals surface area contributed by atoms with Crippen LogP contribution in [-0.4, -0.2) is 17.6 Å². The molecule has 0 aliphatic carbocycles. The molecule has 3 heteroatoms. The number of nitrogens with two attached hydrogens (primary N) is 1. The maximum Gasteiger partial charge on any atom is 0.129 e. The molecule has 1 aromatic heterocycles. The third kappa shape index (κ3) is 2.95. The van der Waals surface area contributed by atoms with Crippen LogP contribution in [0.2, 0.25) is 0 Å². The summed E-state index contributed by atoms with van der Waals surface area (Å²) in [6.07, 6.45) is 1.14. The first kappa shape index (κ1) is 13.0. The Morgan fingerprint density at radius 1 is 1.38 bits per heavy atom. The fourth-order valence-electron chi connectivity index (χ4n) is 1.83. The zero-order valence-corrected chi connectivity index (χ0v) is 10.8. The Morgan fingerprint density at radius 2 is 2.06 bits per heavy atom. The van der Waals surface area contributed by atoms with Crippen molar-refractivity contribution < 1.29 is 0 Å². The molecule has 90 valence electrons. The average Bonchev–Trinajstić information content (AvgIpc) is 2.25. The van der Waals surface area contributed by atoms with Crippen molar-refractivity contribution >= 4 is 5.82 Å². The van der Waals surface area contributed by atoms with Crippen LogP contribution in [0.15, 0.2) is 12.1 Å². The summed E-state index contributed by atoms with van der Waals surface area (Å²) in [5, 5.41) is 0. The molecule has 0 radical (unpaired) electrons. The Kier molecular flexibility index (Phi) is 4.74. The lowest BCUT2D eigenvalue weighted by molar-refractivity contribution is 0.660. The Morgan fingerprint density at radius 3 is 2.50 bits per heavy atom. The second kappa shape index (κ2) is 5.85. The molecule has 1 rings (SSSR count). The Hall–Kier alpha value is -1.09. The third-order valence-electron chi connectivity index (χ3n) is 2.78. The molecule has 0 saturated heterocycles. The van der Waals surface area contributed by atoms with Gasteiger partial charge in [-0.1, -0.05) is 13.0 Å². The van der Waals surface area contributed by atoms with E-state index in [0.29, 0.717) is 12.6 Å². The summed E-state index contributed by atoms with van der Waals surface area (Å²) >= 11 is 0. The molecule has 0 unspecified atom stereocenters. The zero-order chi connectivity index (χ0) is 12.1. The van der Waals surface area contributed by atoms with E-state index < -0.39 is 0 Å². The van der Waals surface area contributed by atoms with Crippen molar-refractivity contribution in [1.82, 2.24) is 4.98 Å². The summed E-state index contributed by atoms with van der Waals surface area (Å²) in [5.41, 5.74) is 7.81. The summed E-state index contributed by atoms with van der Waals surface area (Å²) < 4.78 is 0. The molecular weight excluding hydrogens is 198 g/mol. The number of aromatic nitrogens is 1. The molecule has 0 aromatic carbocycles. The molecule has 0 amide bonds. The van der Waals surface area contributed by atoms with E-state index >= 15 is 0 Å². The quantitative estimate of drug-likeness (QED) is 0.830. The van der Waals surface area contributed by atoms with Crippen molar-refractivity contribution in [3.05, 3.63) is 23.4 Å². The fourth-order valence-corrected chi connectivity index (χ4v) is 1.83. The van der Waals surface area contributed by atoms with Gasteiger partial charge in [-0.15, -0.1) is 0 Å². The van der Waals surface area contributed by atoms with Gasteiger partial charge in [0.05, 0.1) is 0 Å². The van der Waals surface area contributed by atoms with E-state index in [0.717, 1.165) is 30.0 Å². The first-order valence-electron chi connectivity index (χ1n) is 6.03. The minimum Gasteiger partial charge on any atom is -0.354 e. The highest BCUT2D eigenvalue weighted by molar-refractivity contribution is 5.42. The summed E-state index contributed by atoms with van der Waals surface area (Å²) in [4.78, 5) is 6.96. The lowest BCUT2D eigenvalue weighted by Crippen LogP contribution is -2.32. The number of aryl methyl sites for hydroxylation is 1. The first-order valence-corrected chi connectivity index (χ1v) is 6.03. The first-order chi connectivity index (χ1) is 7.60. The molecule has 1 heterocycles. The molecule has 3 nitrogen and oxygen atoms in total. The fraction of sp³-hybridized carbons (Fsp3) is 0.615. The highest BCUT2D eigenvalue weighted by Crippen LogP contribution is 2.17. The van der Waals surface area contributed by atoms with Crippen LogP contribution in [0.25, 0.3) is 0 Å². The van der Waals surface area contributed by atoms with E-state index in [1.54, 1.807) is 0 Å². The van der Waals surface area contributed by atoms with Gasteiger partial charge in [0.1, 0.15) is 5.82 Å². The number of rotatable bonds is 5. The van der Waals surface area contributed by atoms with E-state index in [4.69, 9.17) is 5.73 Å². The van der Waals surface area contributed by atoms with Crippen molar-refractivity contribution in [2.75, 3.05) is 11.4 Å². The number of hydrogen-bond acceptors (Lipinski definition) is 3. The SMILES string of the molecule is CCCN(c1ccc(CN)c(C)n1)C(C)C. The number of nitrogens with zero attached hydrogens (tertiary/aromatic N) is 2. The molecule has 16 heavy (non-hydrogen) atoms. The maximum atomic E-state index is 5.64. The summed E-state index contributed by atoms with van der Waals surface area (Å²) in [7, 11) is 0. The van der Waals surface area contributed by atoms with Crippen LogP contribution in [0.5, 0.6) is 0 Å². The van der Waals surface area contributed by atoms with Crippen molar-refractivity contribution in [3.63, 3.8) is 0 Å². The van der Waals surface area contributed by atoms with Crippen LogP contribution in [0.1, 0.15) is 38.4 Å². The molecule has 0 fully saturated rings. The molecule has 0 aliphatic heterocycles. The van der Waals surface area contributed by atoms with Gasteiger partial charge in [-0.3, -0.25) is 0 Å². The summed E-state index contributed by atoms with van der Waals surface area (Å²) in [5.74, 6) is 1.06. The van der Waals surface area contributed by atoms with Gasteiger partial charge in [0, 0.05) is 24.8 Å². The van der Waals surface area contributed by atoms with Gasteiger partial charge in [-0.25, -0.2) is 4.98 Å². The van der Waals surface area contributed by atoms with Crippen LogP contribution in [0.3, 0.4) is 0 Å². The van der Waals surface area contributed by atoms with Crippen LogP contribution in [-0.2, 0) is 6.54 Å². The minimum atomic E-state index is 0.482. The van der Waals surface area contributed by atoms with Gasteiger partial charge >= 0.3 is 0 Å². The molecule has 1 aromatic rings. The molecule has 0 atom stereocenters. The maximum absolute atomic E-state index is 5.64. The van der Waals surface area contributed by atoms with Gasteiger partial charge in [0.2, 0.25) is 0 Å².